The van der Waals surface area contributed by atoms with E-state index in [1.54, 1.807) is 4.90 Å². The van der Waals surface area contributed by atoms with Gasteiger partial charge in [0.25, 0.3) is 0 Å². The predicted molar refractivity (Wildman–Crippen MR) is 98.1 cm³/mol. The third-order valence-corrected chi connectivity index (χ3v) is 6.59. The summed E-state index contributed by atoms with van der Waals surface area (Å²) in [7, 11) is 0. The van der Waals surface area contributed by atoms with Crippen LogP contribution in [0.15, 0.2) is 0 Å². The van der Waals surface area contributed by atoms with Gasteiger partial charge in [0.05, 0.1) is 19.3 Å². The summed E-state index contributed by atoms with van der Waals surface area (Å²) in [5.74, 6) is -0.907. The first kappa shape index (κ1) is 19.6. The van der Waals surface area contributed by atoms with E-state index in [1.165, 1.54) is 0 Å². The molecule has 0 aromatic rings. The number of carboxylic acid groups (broad SMARTS) is 1. The smallest absolute Gasteiger partial charge is 0.323 e. The van der Waals surface area contributed by atoms with Crippen molar-refractivity contribution in [2.75, 3.05) is 52.5 Å². The number of hydrogen-bond acceptors (Lipinski definition) is 5. The van der Waals surface area contributed by atoms with Crippen LogP contribution in [0.25, 0.3) is 0 Å². The molecule has 0 aromatic heterocycles. The molecule has 0 saturated carbocycles. The first-order valence-corrected chi connectivity index (χ1v) is 10.1. The zero-order valence-corrected chi connectivity index (χ0v) is 16.0. The molecule has 3 saturated heterocycles. The highest BCUT2D eigenvalue weighted by Gasteiger charge is 2.42. The summed E-state index contributed by atoms with van der Waals surface area (Å²) < 4.78 is 5.52. The lowest BCUT2D eigenvalue weighted by Gasteiger charge is -2.51. The molecule has 0 aromatic carbocycles. The Morgan fingerprint density at radius 2 is 1.85 bits per heavy atom. The van der Waals surface area contributed by atoms with Gasteiger partial charge in [-0.05, 0) is 38.5 Å². The first-order chi connectivity index (χ1) is 12.6. The third kappa shape index (κ3) is 4.21. The van der Waals surface area contributed by atoms with Crippen LogP contribution in [0, 0.1) is 0 Å². The van der Waals surface area contributed by atoms with E-state index in [4.69, 9.17) is 9.84 Å². The van der Waals surface area contributed by atoms with Crippen molar-refractivity contribution in [3.05, 3.63) is 0 Å². The molecule has 1 atom stereocenters. The first-order valence-electron chi connectivity index (χ1n) is 10.1. The molecule has 0 bridgehead atoms. The van der Waals surface area contributed by atoms with E-state index in [9.17, 15) is 9.59 Å². The molecule has 7 heteroatoms. The minimum Gasteiger partial charge on any atom is -0.480 e. The van der Waals surface area contributed by atoms with E-state index in [0.717, 1.165) is 77.9 Å². The van der Waals surface area contributed by atoms with Gasteiger partial charge in [0.1, 0.15) is 6.54 Å². The summed E-state index contributed by atoms with van der Waals surface area (Å²) in [5.41, 5.74) is 0.231. The molecule has 0 radical (unpaired) electrons. The predicted octanol–water partition coefficient (Wildman–Crippen LogP) is 1.03. The number of rotatable bonds is 5. The molecule has 1 unspecified atom stereocenters. The normalized spacial score (nSPS) is 28.7. The molecule has 3 fully saturated rings. The van der Waals surface area contributed by atoms with Crippen molar-refractivity contribution in [1.29, 1.82) is 0 Å². The van der Waals surface area contributed by atoms with Crippen molar-refractivity contribution in [2.45, 2.75) is 57.0 Å². The second-order valence-electron chi connectivity index (χ2n) is 7.88. The van der Waals surface area contributed by atoms with E-state index >= 15 is 0 Å². The van der Waals surface area contributed by atoms with Crippen LogP contribution in [0.2, 0.25) is 0 Å². The Labute approximate surface area is 156 Å². The number of aliphatic carboxylic acids is 1. The van der Waals surface area contributed by atoms with Gasteiger partial charge in [-0.15, -0.1) is 0 Å². The van der Waals surface area contributed by atoms with Crippen molar-refractivity contribution in [2.24, 2.45) is 0 Å². The number of piperidine rings is 1. The van der Waals surface area contributed by atoms with Crippen LogP contribution < -0.4 is 0 Å². The summed E-state index contributed by atoms with van der Waals surface area (Å²) in [6, 6.07) is -0.142. The minimum absolute atomic E-state index is 0.0141. The maximum atomic E-state index is 12.9. The fraction of sp³-hybridized carbons (Fsp3) is 0.895. The van der Waals surface area contributed by atoms with E-state index < -0.39 is 5.97 Å². The quantitative estimate of drug-likeness (QED) is 0.782. The number of hydrogen-bond donors (Lipinski definition) is 1. The Hall–Kier alpha value is -1.18. The maximum absolute atomic E-state index is 12.9. The van der Waals surface area contributed by atoms with E-state index in [2.05, 4.69) is 16.7 Å². The van der Waals surface area contributed by atoms with Gasteiger partial charge < -0.3 is 14.7 Å². The Kier molecular flexibility index (Phi) is 6.53. The SMILES string of the molecule is CCC1(N2CCOCC2)CCN(C2CCCCN(CC(=O)O)C2=O)CC1. The summed E-state index contributed by atoms with van der Waals surface area (Å²) in [5, 5.41) is 9.09. The number of carboxylic acids is 1. The fourth-order valence-electron chi connectivity index (χ4n) is 4.93. The van der Waals surface area contributed by atoms with Crippen LogP contribution in [-0.2, 0) is 14.3 Å². The number of carbonyl (C=O) groups is 2. The molecular formula is C19H33N3O4. The zero-order valence-electron chi connectivity index (χ0n) is 16.0. The second kappa shape index (κ2) is 8.67. The van der Waals surface area contributed by atoms with Crippen molar-refractivity contribution < 1.29 is 19.4 Å². The number of morpholine rings is 1. The fourth-order valence-corrected chi connectivity index (χ4v) is 4.93. The van der Waals surface area contributed by atoms with Gasteiger partial charge in [-0.1, -0.05) is 6.92 Å². The van der Waals surface area contributed by atoms with Gasteiger partial charge in [-0.3, -0.25) is 19.4 Å². The molecule has 3 aliphatic heterocycles. The van der Waals surface area contributed by atoms with Gasteiger partial charge >= 0.3 is 5.97 Å². The number of likely N-dealkylation sites (tertiary alicyclic amines) is 2. The largest absolute Gasteiger partial charge is 0.480 e. The highest BCUT2D eigenvalue weighted by Crippen LogP contribution is 2.34. The zero-order chi connectivity index (χ0) is 18.6. The molecule has 3 heterocycles. The monoisotopic (exact) mass is 367 g/mol. The van der Waals surface area contributed by atoms with Gasteiger partial charge in [0.15, 0.2) is 0 Å². The lowest BCUT2D eigenvalue weighted by Crippen LogP contribution is -2.60. The summed E-state index contributed by atoms with van der Waals surface area (Å²) in [4.78, 5) is 30.4. The molecule has 0 aliphatic carbocycles. The van der Waals surface area contributed by atoms with Gasteiger partial charge in [0.2, 0.25) is 5.91 Å². The third-order valence-electron chi connectivity index (χ3n) is 6.59. The lowest BCUT2D eigenvalue weighted by molar-refractivity contribution is -0.147. The van der Waals surface area contributed by atoms with Crippen molar-refractivity contribution in [3.63, 3.8) is 0 Å². The second-order valence-corrected chi connectivity index (χ2v) is 7.88. The maximum Gasteiger partial charge on any atom is 0.323 e. The number of carbonyl (C=O) groups excluding carboxylic acids is 1. The molecule has 3 rings (SSSR count). The number of nitrogens with zero attached hydrogens (tertiary/aromatic N) is 3. The average Bonchev–Trinajstić information content (AvgIpc) is 2.84. The minimum atomic E-state index is -0.921. The summed E-state index contributed by atoms with van der Waals surface area (Å²) in [6.45, 7) is 8.15. The van der Waals surface area contributed by atoms with E-state index in [0.29, 0.717) is 6.54 Å². The van der Waals surface area contributed by atoms with Crippen molar-refractivity contribution >= 4 is 11.9 Å². The van der Waals surface area contributed by atoms with Crippen LogP contribution >= 0.6 is 0 Å². The molecule has 148 valence electrons. The molecular weight excluding hydrogens is 334 g/mol. The van der Waals surface area contributed by atoms with Crippen LogP contribution in [0.1, 0.15) is 45.4 Å². The summed E-state index contributed by atoms with van der Waals surface area (Å²) >= 11 is 0. The standard InChI is InChI=1S/C19H33N3O4/c1-2-19(22-11-13-26-14-12-22)6-9-20(10-7-19)16-5-3-4-8-21(18(16)25)15-17(23)24/h16H,2-15H2,1H3,(H,23,24). The number of amides is 1. The van der Waals surface area contributed by atoms with Crippen molar-refractivity contribution in [1.82, 2.24) is 14.7 Å². The van der Waals surface area contributed by atoms with Gasteiger partial charge in [-0.2, -0.15) is 0 Å². The number of ether oxygens (including phenoxy) is 1. The lowest BCUT2D eigenvalue weighted by atomic mass is 9.82. The highest BCUT2D eigenvalue weighted by molar-refractivity contribution is 5.85. The van der Waals surface area contributed by atoms with Crippen molar-refractivity contribution in [3.8, 4) is 0 Å². The van der Waals surface area contributed by atoms with Crippen LogP contribution in [0.4, 0.5) is 0 Å². The molecule has 0 spiro atoms. The molecule has 1 N–H and O–H groups in total. The summed E-state index contributed by atoms with van der Waals surface area (Å²) in [6.07, 6.45) is 6.02. The molecule has 26 heavy (non-hydrogen) atoms. The topological polar surface area (TPSA) is 73.3 Å². The van der Waals surface area contributed by atoms with Crippen LogP contribution in [-0.4, -0.2) is 95.7 Å². The molecule has 1 amide bonds. The Bertz CT molecular complexity index is 499. The van der Waals surface area contributed by atoms with Gasteiger partial charge in [0, 0.05) is 38.3 Å². The molecule has 3 aliphatic rings. The van der Waals surface area contributed by atoms with E-state index in [1.807, 2.05) is 0 Å². The van der Waals surface area contributed by atoms with Crippen LogP contribution in [0.5, 0.6) is 0 Å². The Balaban J connectivity index is 1.63. The Morgan fingerprint density at radius 1 is 1.15 bits per heavy atom. The van der Waals surface area contributed by atoms with E-state index in [-0.39, 0.29) is 24.0 Å². The van der Waals surface area contributed by atoms with Gasteiger partial charge in [-0.25, -0.2) is 0 Å². The average molecular weight is 367 g/mol. The highest BCUT2D eigenvalue weighted by atomic mass is 16.5. The molecule has 7 nitrogen and oxygen atoms in total. The van der Waals surface area contributed by atoms with Crippen LogP contribution in [0.3, 0.4) is 0 Å². The Morgan fingerprint density at radius 3 is 2.46 bits per heavy atom.